The number of halogens is 3. The number of rotatable bonds is 3. The highest BCUT2D eigenvalue weighted by molar-refractivity contribution is 5.75. The van der Waals surface area contributed by atoms with Crippen LogP contribution in [0.15, 0.2) is 6.07 Å². The SMILES string of the molecule is O=C(O)C(O)C1(c2cc(C(F)(F)F)n[nH]2)CC1. The van der Waals surface area contributed by atoms with Gasteiger partial charge in [0.05, 0.1) is 0 Å². The van der Waals surface area contributed by atoms with Crippen molar-refractivity contribution in [1.82, 2.24) is 10.2 Å². The van der Waals surface area contributed by atoms with Crippen LogP contribution in [-0.4, -0.2) is 32.5 Å². The lowest BCUT2D eigenvalue weighted by atomic mass is 9.95. The molecule has 5 nitrogen and oxygen atoms in total. The van der Waals surface area contributed by atoms with Crippen LogP contribution in [0.25, 0.3) is 0 Å². The van der Waals surface area contributed by atoms with Gasteiger partial charge in [-0.25, -0.2) is 4.79 Å². The van der Waals surface area contributed by atoms with Gasteiger partial charge in [0.2, 0.25) is 0 Å². The van der Waals surface area contributed by atoms with Crippen molar-refractivity contribution in [3.8, 4) is 0 Å². The van der Waals surface area contributed by atoms with Crippen LogP contribution in [0.2, 0.25) is 0 Å². The number of carbonyl (C=O) groups is 1. The van der Waals surface area contributed by atoms with E-state index in [4.69, 9.17) is 5.11 Å². The predicted octanol–water partition coefficient (Wildman–Crippen LogP) is 0.906. The number of carboxylic acids is 1. The molecule has 17 heavy (non-hydrogen) atoms. The van der Waals surface area contributed by atoms with Crippen LogP contribution in [0.3, 0.4) is 0 Å². The van der Waals surface area contributed by atoms with E-state index in [0.29, 0.717) is 12.8 Å². The molecule has 0 spiro atoms. The van der Waals surface area contributed by atoms with Crippen LogP contribution in [0, 0.1) is 0 Å². The summed E-state index contributed by atoms with van der Waals surface area (Å²) in [4.78, 5) is 10.7. The number of carboxylic acid groups (broad SMARTS) is 1. The van der Waals surface area contributed by atoms with Gasteiger partial charge in [-0.3, -0.25) is 5.10 Å². The highest BCUT2D eigenvalue weighted by Crippen LogP contribution is 2.51. The number of aliphatic carboxylic acids is 1. The molecular formula is C9H9F3N2O3. The van der Waals surface area contributed by atoms with E-state index in [-0.39, 0.29) is 5.69 Å². The molecule has 0 saturated heterocycles. The Labute approximate surface area is 93.3 Å². The average Bonchev–Trinajstić information content (AvgIpc) is 2.85. The maximum Gasteiger partial charge on any atom is 0.435 e. The van der Waals surface area contributed by atoms with Gasteiger partial charge in [0.25, 0.3) is 0 Å². The third kappa shape index (κ3) is 1.88. The molecule has 1 unspecified atom stereocenters. The molecular weight excluding hydrogens is 241 g/mol. The van der Waals surface area contributed by atoms with Crippen LogP contribution >= 0.6 is 0 Å². The number of nitrogens with one attached hydrogen (secondary N) is 1. The summed E-state index contributed by atoms with van der Waals surface area (Å²) < 4.78 is 36.9. The number of hydrogen-bond donors (Lipinski definition) is 3. The molecule has 0 amide bonds. The number of H-pyrrole nitrogens is 1. The van der Waals surface area contributed by atoms with Crippen molar-refractivity contribution in [3.05, 3.63) is 17.5 Å². The summed E-state index contributed by atoms with van der Waals surface area (Å²) in [5, 5.41) is 23.4. The number of alkyl halides is 3. The first-order valence-corrected chi connectivity index (χ1v) is 4.81. The number of nitrogens with zero attached hydrogens (tertiary/aromatic N) is 1. The van der Waals surface area contributed by atoms with Gasteiger partial charge in [-0.05, 0) is 18.9 Å². The van der Waals surface area contributed by atoms with Crippen molar-refractivity contribution >= 4 is 5.97 Å². The second-order valence-electron chi connectivity index (χ2n) is 4.06. The summed E-state index contributed by atoms with van der Waals surface area (Å²) >= 11 is 0. The second-order valence-corrected chi connectivity index (χ2v) is 4.06. The zero-order chi connectivity index (χ0) is 12.8. The van der Waals surface area contributed by atoms with Gasteiger partial charge in [0, 0.05) is 11.1 Å². The standard InChI is InChI=1S/C9H9F3N2O3/c10-9(11,12)5-3-4(13-14-5)8(1-2-8)6(15)7(16)17/h3,6,15H,1-2H2,(H,13,14)(H,16,17). The topological polar surface area (TPSA) is 86.2 Å². The quantitative estimate of drug-likeness (QED) is 0.744. The Morgan fingerprint density at radius 2 is 2.12 bits per heavy atom. The van der Waals surface area contributed by atoms with Crippen molar-refractivity contribution in [1.29, 1.82) is 0 Å². The molecule has 1 fully saturated rings. The van der Waals surface area contributed by atoms with E-state index in [1.807, 2.05) is 0 Å². The van der Waals surface area contributed by atoms with Gasteiger partial charge in [-0.15, -0.1) is 0 Å². The molecule has 3 N–H and O–H groups in total. The second kappa shape index (κ2) is 3.46. The van der Waals surface area contributed by atoms with Crippen LogP contribution in [-0.2, 0) is 16.4 Å². The number of aliphatic hydroxyl groups is 1. The molecule has 2 rings (SSSR count). The summed E-state index contributed by atoms with van der Waals surface area (Å²) in [5.41, 5.74) is -2.25. The molecule has 1 aliphatic rings. The van der Waals surface area contributed by atoms with Gasteiger partial charge in [-0.1, -0.05) is 0 Å². The minimum atomic E-state index is -4.58. The molecule has 1 atom stereocenters. The van der Waals surface area contributed by atoms with E-state index in [1.165, 1.54) is 0 Å². The Hall–Kier alpha value is -1.57. The Balaban J connectivity index is 2.30. The first kappa shape index (κ1) is 11.9. The fourth-order valence-corrected chi connectivity index (χ4v) is 1.78. The molecule has 0 radical (unpaired) electrons. The van der Waals surface area contributed by atoms with E-state index < -0.39 is 29.4 Å². The lowest BCUT2D eigenvalue weighted by molar-refractivity contribution is -0.148. The largest absolute Gasteiger partial charge is 0.479 e. The molecule has 1 aliphatic carbocycles. The van der Waals surface area contributed by atoms with Crippen molar-refractivity contribution in [2.75, 3.05) is 0 Å². The Kier molecular flexibility index (Phi) is 2.42. The minimum absolute atomic E-state index is 0.0136. The molecule has 1 heterocycles. The Bertz CT molecular complexity index is 451. The number of aromatic amines is 1. The smallest absolute Gasteiger partial charge is 0.435 e. The molecule has 1 aromatic rings. The number of hydrogen-bond acceptors (Lipinski definition) is 3. The van der Waals surface area contributed by atoms with Gasteiger partial charge in [-0.2, -0.15) is 18.3 Å². The highest BCUT2D eigenvalue weighted by Gasteiger charge is 2.55. The van der Waals surface area contributed by atoms with Gasteiger partial charge in [0.1, 0.15) is 0 Å². The Morgan fingerprint density at radius 3 is 2.47 bits per heavy atom. The molecule has 0 bridgehead atoms. The number of aromatic nitrogens is 2. The average molecular weight is 250 g/mol. The maximum atomic E-state index is 12.3. The zero-order valence-corrected chi connectivity index (χ0v) is 8.45. The molecule has 1 saturated carbocycles. The monoisotopic (exact) mass is 250 g/mol. The van der Waals surface area contributed by atoms with Crippen LogP contribution in [0.1, 0.15) is 24.2 Å². The summed E-state index contributed by atoms with van der Waals surface area (Å²) in [6.45, 7) is 0. The van der Waals surface area contributed by atoms with E-state index >= 15 is 0 Å². The normalized spacial score (nSPS) is 20.0. The third-order valence-corrected chi connectivity index (χ3v) is 2.95. The maximum absolute atomic E-state index is 12.3. The lowest BCUT2D eigenvalue weighted by Gasteiger charge is -2.16. The van der Waals surface area contributed by atoms with Crippen molar-refractivity contribution in [2.45, 2.75) is 30.5 Å². The van der Waals surface area contributed by atoms with Gasteiger partial charge < -0.3 is 10.2 Å². The molecule has 1 aromatic heterocycles. The lowest BCUT2D eigenvalue weighted by Crippen LogP contribution is -2.34. The van der Waals surface area contributed by atoms with E-state index in [2.05, 4.69) is 10.2 Å². The van der Waals surface area contributed by atoms with Crippen molar-refractivity contribution < 1.29 is 28.2 Å². The van der Waals surface area contributed by atoms with E-state index in [0.717, 1.165) is 6.07 Å². The summed E-state index contributed by atoms with van der Waals surface area (Å²) in [6, 6.07) is 0.749. The molecule has 8 heteroatoms. The summed E-state index contributed by atoms with van der Waals surface area (Å²) in [5.74, 6) is -1.45. The third-order valence-electron chi connectivity index (χ3n) is 2.95. The highest BCUT2D eigenvalue weighted by atomic mass is 19.4. The first-order valence-electron chi connectivity index (χ1n) is 4.81. The predicted molar refractivity (Wildman–Crippen MR) is 48.1 cm³/mol. The van der Waals surface area contributed by atoms with Crippen molar-refractivity contribution in [3.63, 3.8) is 0 Å². The Morgan fingerprint density at radius 1 is 1.53 bits per heavy atom. The zero-order valence-electron chi connectivity index (χ0n) is 8.45. The van der Waals surface area contributed by atoms with Crippen LogP contribution in [0.4, 0.5) is 13.2 Å². The fraction of sp³-hybridized carbons (Fsp3) is 0.556. The van der Waals surface area contributed by atoms with Crippen LogP contribution < -0.4 is 0 Å². The van der Waals surface area contributed by atoms with E-state index in [1.54, 1.807) is 0 Å². The minimum Gasteiger partial charge on any atom is -0.479 e. The van der Waals surface area contributed by atoms with Gasteiger partial charge >= 0.3 is 12.1 Å². The fourth-order valence-electron chi connectivity index (χ4n) is 1.78. The van der Waals surface area contributed by atoms with E-state index in [9.17, 15) is 23.1 Å². The van der Waals surface area contributed by atoms with Gasteiger partial charge in [0.15, 0.2) is 11.8 Å². The summed E-state index contributed by atoms with van der Waals surface area (Å²) in [6.07, 6.45) is -5.66. The molecule has 94 valence electrons. The number of aliphatic hydroxyl groups excluding tert-OH is 1. The molecule has 0 aromatic carbocycles. The first-order chi connectivity index (χ1) is 7.77. The summed E-state index contributed by atoms with van der Waals surface area (Å²) in [7, 11) is 0. The van der Waals surface area contributed by atoms with Crippen LogP contribution in [0.5, 0.6) is 0 Å². The molecule has 0 aliphatic heterocycles. The van der Waals surface area contributed by atoms with Crippen molar-refractivity contribution in [2.24, 2.45) is 0 Å².